The molecule has 2 fully saturated rings. The first-order chi connectivity index (χ1) is 36.7. The highest BCUT2D eigenvalue weighted by Crippen LogP contribution is 2.37. The second-order valence-corrected chi connectivity index (χ2v) is 22.9. The number of benzene rings is 2. The number of carbonyl (C=O) groups excluding carboxylic acids is 4. The van der Waals surface area contributed by atoms with E-state index in [2.05, 4.69) is 36.1 Å². The molecular weight excluding hydrogens is 1000 g/mol. The van der Waals surface area contributed by atoms with Gasteiger partial charge < -0.3 is 50.9 Å². The van der Waals surface area contributed by atoms with Crippen LogP contribution in [0.25, 0.3) is 27.3 Å². The molecule has 6 aromatic rings. The van der Waals surface area contributed by atoms with Crippen molar-refractivity contribution in [3.63, 3.8) is 0 Å². The van der Waals surface area contributed by atoms with Crippen molar-refractivity contribution >= 4 is 57.8 Å². The lowest BCUT2D eigenvalue weighted by Gasteiger charge is -2.39. The predicted molar refractivity (Wildman–Crippen MR) is 294 cm³/mol. The maximum absolute atomic E-state index is 14.2. The second kappa shape index (κ2) is 23.0. The summed E-state index contributed by atoms with van der Waals surface area (Å²) >= 11 is 1.57. The summed E-state index contributed by atoms with van der Waals surface area (Å²) in [6.07, 6.45) is 4.71. The van der Waals surface area contributed by atoms with Gasteiger partial charge >= 0.3 is 0 Å². The molecule has 0 spiro atoms. The van der Waals surface area contributed by atoms with E-state index in [-0.39, 0.29) is 55.6 Å². The fourth-order valence-electron chi connectivity index (χ4n) is 10.6. The molecule has 408 valence electrons. The summed E-state index contributed by atoms with van der Waals surface area (Å²) in [4.78, 5) is 75.1. The van der Waals surface area contributed by atoms with Gasteiger partial charge in [0.2, 0.25) is 17.7 Å². The van der Waals surface area contributed by atoms with Gasteiger partial charge in [-0.3, -0.25) is 23.6 Å². The number of hydrogen-bond acceptors (Lipinski definition) is 14. The topological polar surface area (TPSA) is 219 Å². The second-order valence-electron chi connectivity index (χ2n) is 22.0. The molecular formula is C57H70FN11O7S. The van der Waals surface area contributed by atoms with Crippen LogP contribution >= 0.6 is 11.3 Å². The van der Waals surface area contributed by atoms with Gasteiger partial charge in [0, 0.05) is 70.0 Å². The molecule has 0 aliphatic carbocycles. The van der Waals surface area contributed by atoms with Gasteiger partial charge in [-0.2, -0.15) is 0 Å². The number of fused-ring (bicyclic) bond motifs is 2. The van der Waals surface area contributed by atoms with E-state index < -0.39 is 35.1 Å². The number of thiazole rings is 1. The number of carbonyl (C=O) groups is 4. The molecule has 18 nitrogen and oxygen atoms in total. The van der Waals surface area contributed by atoms with Gasteiger partial charge in [0.25, 0.3) is 5.91 Å². The summed E-state index contributed by atoms with van der Waals surface area (Å²) in [5.74, 6) is -1.08. The Bertz CT molecular complexity index is 3130. The molecule has 4 aromatic heterocycles. The van der Waals surface area contributed by atoms with E-state index in [9.17, 15) is 33.8 Å². The van der Waals surface area contributed by atoms with E-state index in [1.54, 1.807) is 28.1 Å². The molecule has 9 rings (SSSR count). The van der Waals surface area contributed by atoms with Gasteiger partial charge in [-0.05, 0) is 100.0 Å². The standard InChI is InChI=1S/C57H70FN11O7S/c1-34(36-11-13-37(14-12-36)51-35(2)61-33-77-51)62-53(72)45-27-39(70)30-69(45)55(74)52(56(3,4)5)65-49(71)10-8-9-25-76-32-57(75)20-23-67(24-21-57)44-17-18-47(64-43(44)31-66(6)7)63-42-16-15-40(41-28-60-54(73)50(41)42)46-29-59-48-26-38(58)19-22-68(46)48/h11-19,22,26,29,33-34,39,45,52,70,75H,8-10,20-21,23-25,27-28,30-32H2,1-7H3,(H,60,73)(H,62,72)(H,63,64)(H,65,71)/t34-,39+,45-,52+/m0/s1. The van der Waals surface area contributed by atoms with E-state index in [1.165, 1.54) is 17.0 Å². The van der Waals surface area contributed by atoms with Crippen molar-refractivity contribution in [2.24, 2.45) is 5.41 Å². The summed E-state index contributed by atoms with van der Waals surface area (Å²) < 4.78 is 21.7. The number of β-amino-alcohol motifs (C(OH)–C–C–N with tert-alkyl or cyclic N) is 1. The van der Waals surface area contributed by atoms with Crippen molar-refractivity contribution in [2.45, 2.75) is 116 Å². The fourth-order valence-corrected chi connectivity index (χ4v) is 11.4. The van der Waals surface area contributed by atoms with Gasteiger partial charge in [0.15, 0.2) is 0 Å². The van der Waals surface area contributed by atoms with Crippen molar-refractivity contribution in [1.29, 1.82) is 0 Å². The third-order valence-electron chi connectivity index (χ3n) is 14.8. The normalized spacial score (nSPS) is 18.1. The van der Waals surface area contributed by atoms with E-state index in [0.29, 0.717) is 81.2 Å². The van der Waals surface area contributed by atoms with Crippen LogP contribution in [-0.4, -0.2) is 134 Å². The first kappa shape index (κ1) is 54.9. The monoisotopic (exact) mass is 1070 g/mol. The van der Waals surface area contributed by atoms with Crippen LogP contribution in [0.3, 0.4) is 0 Å². The molecule has 0 saturated carbocycles. The van der Waals surface area contributed by atoms with Gasteiger partial charge in [-0.1, -0.05) is 51.1 Å². The van der Waals surface area contributed by atoms with E-state index in [0.717, 1.165) is 49.9 Å². The van der Waals surface area contributed by atoms with E-state index >= 15 is 0 Å². The lowest BCUT2D eigenvalue weighted by Crippen LogP contribution is -2.57. The van der Waals surface area contributed by atoms with Crippen LogP contribution in [0.1, 0.15) is 105 Å². The van der Waals surface area contributed by atoms with Crippen LogP contribution in [0.4, 0.5) is 21.6 Å². The Balaban J connectivity index is 0.737. The number of nitrogens with zero attached hydrogens (tertiary/aromatic N) is 7. The van der Waals surface area contributed by atoms with E-state index in [1.807, 2.05) is 108 Å². The zero-order valence-corrected chi connectivity index (χ0v) is 45.7. The lowest BCUT2D eigenvalue weighted by atomic mass is 9.85. The number of ether oxygens (including phenoxy) is 1. The minimum absolute atomic E-state index is 0.0145. The predicted octanol–water partition coefficient (Wildman–Crippen LogP) is 6.90. The number of imidazole rings is 1. The number of aliphatic hydroxyl groups is 2. The van der Waals surface area contributed by atoms with Crippen LogP contribution in [0, 0.1) is 18.2 Å². The molecule has 77 heavy (non-hydrogen) atoms. The number of anilines is 3. The summed E-state index contributed by atoms with van der Waals surface area (Å²) in [5.41, 5.74) is 8.80. The van der Waals surface area contributed by atoms with Crippen LogP contribution in [0.5, 0.6) is 0 Å². The van der Waals surface area contributed by atoms with Gasteiger partial charge in [0.05, 0.1) is 75.0 Å². The van der Waals surface area contributed by atoms with Crippen LogP contribution < -0.4 is 26.2 Å². The number of likely N-dealkylation sites (tertiary alicyclic amines) is 1. The number of aliphatic hydroxyl groups excluding tert-OH is 1. The third kappa shape index (κ3) is 12.5. The van der Waals surface area contributed by atoms with Gasteiger partial charge in [0.1, 0.15) is 29.4 Å². The number of piperidine rings is 1. The molecule has 2 saturated heterocycles. The highest BCUT2D eigenvalue weighted by molar-refractivity contribution is 7.13. The number of nitrogens with one attached hydrogen (secondary N) is 4. The zero-order chi connectivity index (χ0) is 54.8. The molecule has 7 heterocycles. The number of pyridine rings is 2. The average Bonchev–Trinajstić information content (AvgIpc) is 4.29. The highest BCUT2D eigenvalue weighted by atomic mass is 32.1. The van der Waals surface area contributed by atoms with Crippen molar-refractivity contribution in [2.75, 3.05) is 57.2 Å². The third-order valence-corrected chi connectivity index (χ3v) is 15.8. The molecule has 0 unspecified atom stereocenters. The number of amides is 4. The van der Waals surface area contributed by atoms with E-state index in [4.69, 9.17) is 9.72 Å². The van der Waals surface area contributed by atoms with Crippen molar-refractivity contribution in [1.82, 2.24) is 45.1 Å². The maximum atomic E-state index is 14.2. The smallest absolute Gasteiger partial charge is 0.254 e. The molecule has 6 N–H and O–H groups in total. The van der Waals surface area contributed by atoms with Gasteiger partial charge in [-0.25, -0.2) is 19.3 Å². The first-order valence-electron chi connectivity index (χ1n) is 26.4. The molecule has 3 aliphatic rings. The highest BCUT2D eigenvalue weighted by Gasteiger charge is 2.45. The largest absolute Gasteiger partial charge is 0.391 e. The number of halogens is 1. The molecule has 3 aliphatic heterocycles. The summed E-state index contributed by atoms with van der Waals surface area (Å²) in [5, 5.41) is 34.6. The Morgan fingerprint density at radius 3 is 2.51 bits per heavy atom. The summed E-state index contributed by atoms with van der Waals surface area (Å²) in [6, 6.07) is 16.2. The first-order valence-corrected chi connectivity index (χ1v) is 27.3. The number of aromatic nitrogens is 4. The Labute approximate surface area is 452 Å². The Kier molecular flexibility index (Phi) is 16.4. The number of unbranched alkanes of at least 4 members (excludes halogenated alkanes) is 1. The summed E-state index contributed by atoms with van der Waals surface area (Å²) in [7, 11) is 3.96. The Morgan fingerprint density at radius 2 is 1.79 bits per heavy atom. The quantitative estimate of drug-likeness (QED) is 0.0456. The lowest BCUT2D eigenvalue weighted by molar-refractivity contribution is -0.144. The average molecular weight is 1070 g/mol. The number of rotatable bonds is 19. The zero-order valence-electron chi connectivity index (χ0n) is 44.9. The molecule has 0 radical (unpaired) electrons. The SMILES string of the molecule is Cc1ncsc1-c1ccc([C@H](C)NC(=O)[C@@H]2C[C@@H](O)CN2C(=O)[C@@H](NC(=O)CCCCOCC2(O)CCN(c3ccc(Nc4ccc(-c5cnc6cc(F)ccn56)c5c4C(=O)NC5)nc3CN(C)C)CC2)C(C)(C)C)cc1. The maximum Gasteiger partial charge on any atom is 0.254 e. The minimum atomic E-state index is -1.03. The number of hydrogen-bond donors (Lipinski definition) is 6. The van der Waals surface area contributed by atoms with Crippen LogP contribution in [0.15, 0.2) is 78.6 Å². The molecule has 2 aromatic carbocycles. The molecule has 4 atom stereocenters. The van der Waals surface area contributed by atoms with Crippen LogP contribution in [-0.2, 0) is 32.2 Å². The van der Waals surface area contributed by atoms with Crippen molar-refractivity contribution < 1.29 is 38.5 Å². The van der Waals surface area contributed by atoms with Crippen molar-refractivity contribution in [3.8, 4) is 21.7 Å². The van der Waals surface area contributed by atoms with Crippen LogP contribution in [0.2, 0.25) is 0 Å². The number of aryl methyl sites for hydroxylation is 1. The Morgan fingerprint density at radius 1 is 1.03 bits per heavy atom. The molecule has 0 bridgehead atoms. The summed E-state index contributed by atoms with van der Waals surface area (Å²) in [6.45, 7) is 12.0. The Hall–Kier alpha value is -6.84. The van der Waals surface area contributed by atoms with Crippen molar-refractivity contribution in [3.05, 3.63) is 112 Å². The minimum Gasteiger partial charge on any atom is -0.391 e. The fraction of sp³-hybridized carbons (Fsp3) is 0.456. The van der Waals surface area contributed by atoms with Gasteiger partial charge in [-0.15, -0.1) is 11.3 Å². The molecule has 4 amide bonds. The molecule has 20 heteroatoms.